The van der Waals surface area contributed by atoms with Gasteiger partial charge in [-0.25, -0.2) is 9.13 Å². The van der Waals surface area contributed by atoms with E-state index in [1.54, 1.807) is 0 Å². The lowest BCUT2D eigenvalue weighted by Gasteiger charge is -2.21. The Balaban J connectivity index is 5.25. The zero-order chi connectivity index (χ0) is 74.6. The highest BCUT2D eigenvalue weighted by Crippen LogP contribution is 2.45. The summed E-state index contributed by atoms with van der Waals surface area (Å²) in [5.41, 5.74) is 0. The maximum Gasteiger partial charge on any atom is 0.472 e. The zero-order valence-electron chi connectivity index (χ0n) is 66.6. The molecule has 0 spiro atoms. The van der Waals surface area contributed by atoms with Gasteiger partial charge in [-0.05, 0) is 25.7 Å². The Morgan fingerprint density at radius 2 is 0.392 bits per heavy atom. The normalized spacial score (nSPS) is 13.8. The number of ether oxygens (including phenoxy) is 4. The summed E-state index contributed by atoms with van der Waals surface area (Å²) in [7, 11) is -9.92. The fraction of sp³-hybridized carbons (Fsp3) is 0.952. The first-order chi connectivity index (χ1) is 49.7. The molecule has 0 aromatic rings. The standard InChI is InChI=1S/C83H162O17P2/c1-5-9-13-17-21-25-29-33-35-37-39-41-45-48-52-56-60-64-68-81(86)94-74-79(100-83(88)70-66-62-58-54-50-46-42-40-38-36-34-30-26-22-18-14-10-6-2)76-98-102(91,92)96-72-77(84)71-95-101(89,90)97-75-78(99-82(87)69-65-61-57-53-49-44-32-28-24-20-16-12-8-4)73-93-80(85)67-63-59-55-51-47-43-31-27-23-19-15-11-7-3/h77-79,84H,5-76H2,1-4H3,(H,89,90)(H,91,92)/t77-,78+,79+/m0/s1. The summed E-state index contributed by atoms with van der Waals surface area (Å²) >= 11 is 0. The molecule has 17 nitrogen and oxygen atoms in total. The quantitative estimate of drug-likeness (QED) is 0.0222. The van der Waals surface area contributed by atoms with E-state index in [-0.39, 0.29) is 25.7 Å². The molecule has 3 N–H and O–H groups in total. The molecule has 5 atom stereocenters. The second kappa shape index (κ2) is 77.2. The maximum absolute atomic E-state index is 13.1. The number of phosphoric ester groups is 2. The van der Waals surface area contributed by atoms with Crippen molar-refractivity contribution in [2.75, 3.05) is 39.6 Å². The van der Waals surface area contributed by atoms with E-state index in [4.69, 9.17) is 37.0 Å². The van der Waals surface area contributed by atoms with Crippen molar-refractivity contribution in [3.05, 3.63) is 0 Å². The number of phosphoric acid groups is 2. The molecule has 0 radical (unpaired) electrons. The van der Waals surface area contributed by atoms with Gasteiger partial charge < -0.3 is 33.8 Å². The summed E-state index contributed by atoms with van der Waals surface area (Å²) in [6.07, 6.45) is 70.6. The van der Waals surface area contributed by atoms with Gasteiger partial charge in [0.15, 0.2) is 12.2 Å². The largest absolute Gasteiger partial charge is 0.472 e. The second-order valence-electron chi connectivity index (χ2n) is 29.9. The minimum atomic E-state index is -4.96. The van der Waals surface area contributed by atoms with Crippen LogP contribution in [0.25, 0.3) is 0 Å². The Morgan fingerprint density at radius 1 is 0.235 bits per heavy atom. The van der Waals surface area contributed by atoms with Crippen molar-refractivity contribution in [3.8, 4) is 0 Å². The number of hydrogen-bond donors (Lipinski definition) is 3. The molecule has 0 aliphatic heterocycles. The fourth-order valence-electron chi connectivity index (χ4n) is 13.0. The molecule has 0 heterocycles. The van der Waals surface area contributed by atoms with Gasteiger partial charge in [0.2, 0.25) is 0 Å². The molecule has 19 heteroatoms. The lowest BCUT2D eigenvalue weighted by Crippen LogP contribution is -2.30. The molecule has 2 unspecified atom stereocenters. The summed E-state index contributed by atoms with van der Waals surface area (Å²) in [5, 5.41) is 10.7. The minimum Gasteiger partial charge on any atom is -0.462 e. The number of rotatable bonds is 84. The molecule has 0 aliphatic rings. The molecule has 0 amide bonds. The highest BCUT2D eigenvalue weighted by molar-refractivity contribution is 7.47. The lowest BCUT2D eigenvalue weighted by atomic mass is 10.0. The van der Waals surface area contributed by atoms with Gasteiger partial charge in [0.05, 0.1) is 26.4 Å². The molecule has 0 aromatic carbocycles. The average molecular weight is 1490 g/mol. The van der Waals surface area contributed by atoms with E-state index >= 15 is 0 Å². The Kier molecular flexibility index (Phi) is 75.8. The first kappa shape index (κ1) is 100. The molecular formula is C83H162O17P2. The van der Waals surface area contributed by atoms with Crippen molar-refractivity contribution < 1.29 is 80.2 Å². The summed E-state index contributed by atoms with van der Waals surface area (Å²) in [6, 6.07) is 0. The van der Waals surface area contributed by atoms with E-state index in [1.165, 1.54) is 283 Å². The zero-order valence-corrected chi connectivity index (χ0v) is 68.4. The minimum absolute atomic E-state index is 0.109. The van der Waals surface area contributed by atoms with E-state index in [0.717, 1.165) is 89.9 Å². The smallest absolute Gasteiger partial charge is 0.462 e. The summed E-state index contributed by atoms with van der Waals surface area (Å²) < 4.78 is 68.8. The van der Waals surface area contributed by atoms with Gasteiger partial charge >= 0.3 is 39.5 Å². The molecule has 0 rings (SSSR count). The van der Waals surface area contributed by atoms with Crippen LogP contribution in [0.3, 0.4) is 0 Å². The Bertz CT molecular complexity index is 1930. The third-order valence-corrected chi connectivity index (χ3v) is 21.5. The van der Waals surface area contributed by atoms with Gasteiger partial charge in [-0.3, -0.25) is 37.3 Å². The van der Waals surface area contributed by atoms with Crippen molar-refractivity contribution in [2.45, 2.75) is 470 Å². The number of unbranched alkanes of at least 4 members (excludes halogenated alkanes) is 58. The molecule has 0 saturated carbocycles. The fourth-order valence-corrected chi connectivity index (χ4v) is 14.6. The first-order valence-electron chi connectivity index (χ1n) is 43.3. The SMILES string of the molecule is CCCCCCCCCCCCCCCCCCCCC(=O)OC[C@H](COP(=O)(O)OC[C@@H](O)COP(=O)(O)OC[C@@H](COC(=O)CCCCCCCCCCCCCCC)OC(=O)CCCCCCCCCCCCCCC)OC(=O)CCCCCCCCCCCCCCCCCCCC. The maximum atomic E-state index is 13.1. The Hall–Kier alpha value is -1.94. The topological polar surface area (TPSA) is 237 Å². The average Bonchev–Trinajstić information content (AvgIpc) is 0.936. The lowest BCUT2D eigenvalue weighted by molar-refractivity contribution is -0.161. The summed E-state index contributed by atoms with van der Waals surface area (Å²) in [5.74, 6) is -2.10. The van der Waals surface area contributed by atoms with Gasteiger partial charge in [-0.15, -0.1) is 0 Å². The van der Waals surface area contributed by atoms with Crippen LogP contribution in [-0.4, -0.2) is 96.7 Å². The molecule has 102 heavy (non-hydrogen) atoms. The third-order valence-electron chi connectivity index (χ3n) is 19.6. The molecular weight excluding hydrogens is 1330 g/mol. The van der Waals surface area contributed by atoms with E-state index < -0.39 is 97.5 Å². The third kappa shape index (κ3) is 76.3. The number of aliphatic hydroxyl groups is 1. The van der Waals surface area contributed by atoms with E-state index in [0.29, 0.717) is 25.7 Å². The number of carbonyl (C=O) groups is 4. The van der Waals surface area contributed by atoms with Crippen molar-refractivity contribution in [3.63, 3.8) is 0 Å². The number of carbonyl (C=O) groups excluding carboxylic acids is 4. The van der Waals surface area contributed by atoms with Gasteiger partial charge in [-0.2, -0.15) is 0 Å². The second-order valence-corrected chi connectivity index (χ2v) is 32.8. The van der Waals surface area contributed by atoms with Crippen molar-refractivity contribution in [1.82, 2.24) is 0 Å². The van der Waals surface area contributed by atoms with Crippen molar-refractivity contribution >= 4 is 39.5 Å². The summed E-state index contributed by atoms with van der Waals surface area (Å²) in [4.78, 5) is 73.1. The van der Waals surface area contributed by atoms with E-state index in [9.17, 15) is 43.2 Å². The Morgan fingerprint density at radius 3 is 0.578 bits per heavy atom. The van der Waals surface area contributed by atoms with Crippen molar-refractivity contribution in [1.29, 1.82) is 0 Å². The van der Waals surface area contributed by atoms with Crippen LogP contribution < -0.4 is 0 Å². The predicted molar refractivity (Wildman–Crippen MR) is 419 cm³/mol. The summed E-state index contributed by atoms with van der Waals surface area (Å²) in [6.45, 7) is 5.05. The van der Waals surface area contributed by atoms with Crippen LogP contribution in [0.2, 0.25) is 0 Å². The van der Waals surface area contributed by atoms with Gasteiger partial charge in [0.25, 0.3) is 0 Å². The monoisotopic (exact) mass is 1490 g/mol. The van der Waals surface area contributed by atoms with Crippen LogP contribution in [0.1, 0.15) is 451 Å². The molecule has 0 aliphatic carbocycles. The van der Waals surface area contributed by atoms with Crippen LogP contribution in [0, 0.1) is 0 Å². The molecule has 606 valence electrons. The van der Waals surface area contributed by atoms with Crippen LogP contribution in [-0.2, 0) is 65.4 Å². The van der Waals surface area contributed by atoms with E-state index in [2.05, 4.69) is 27.7 Å². The van der Waals surface area contributed by atoms with Crippen molar-refractivity contribution in [2.24, 2.45) is 0 Å². The van der Waals surface area contributed by atoms with Crippen LogP contribution >= 0.6 is 15.6 Å². The number of esters is 4. The van der Waals surface area contributed by atoms with Gasteiger partial charge in [0.1, 0.15) is 19.3 Å². The van der Waals surface area contributed by atoms with Gasteiger partial charge in [0, 0.05) is 25.7 Å². The number of aliphatic hydroxyl groups excluding tert-OH is 1. The molecule has 0 saturated heterocycles. The Labute approximate surface area is 626 Å². The predicted octanol–water partition coefficient (Wildman–Crippen LogP) is 25.4. The highest BCUT2D eigenvalue weighted by atomic mass is 31.2. The van der Waals surface area contributed by atoms with Crippen LogP contribution in [0.5, 0.6) is 0 Å². The first-order valence-corrected chi connectivity index (χ1v) is 46.3. The molecule has 0 bridgehead atoms. The highest BCUT2D eigenvalue weighted by Gasteiger charge is 2.30. The van der Waals surface area contributed by atoms with Gasteiger partial charge in [-0.1, -0.05) is 400 Å². The molecule has 0 fully saturated rings. The number of hydrogen-bond acceptors (Lipinski definition) is 15. The molecule has 0 aromatic heterocycles. The van der Waals surface area contributed by atoms with Crippen LogP contribution in [0.4, 0.5) is 0 Å². The van der Waals surface area contributed by atoms with Crippen LogP contribution in [0.15, 0.2) is 0 Å². The van der Waals surface area contributed by atoms with E-state index in [1.807, 2.05) is 0 Å².